The summed E-state index contributed by atoms with van der Waals surface area (Å²) in [5.41, 5.74) is 3.00. The van der Waals surface area contributed by atoms with Crippen molar-refractivity contribution in [2.75, 3.05) is 17.2 Å². The number of hydrogen-bond donors (Lipinski definition) is 2. The number of pyridine rings is 2. The standard InChI is InChI=1S/C29H28ClF2N9/c1-28(2,3)16-35-24-17(13-33)14-34-25-20(24)11-18(12-21(25)30)37-26(19-5-4-10-40-23(19)6-9-36-40)22-15-41(39-38-22)29(7-8-29)27(31)32/h4-6,9-12,14-15,26-27,37H,7-8,16H2,1-3H3,(H,34,35)/t26-/m0/s1. The summed E-state index contributed by atoms with van der Waals surface area (Å²) >= 11 is 6.74. The van der Waals surface area contributed by atoms with Crippen LogP contribution in [-0.4, -0.2) is 42.6 Å². The summed E-state index contributed by atoms with van der Waals surface area (Å²) in [6.45, 7) is 6.93. The van der Waals surface area contributed by atoms with E-state index in [0.29, 0.717) is 57.9 Å². The van der Waals surface area contributed by atoms with Crippen molar-refractivity contribution >= 4 is 39.4 Å². The van der Waals surface area contributed by atoms with Crippen LogP contribution in [0.1, 0.15) is 56.5 Å². The number of nitrogens with zero attached hydrogens (tertiary/aromatic N) is 7. The maximum absolute atomic E-state index is 13.9. The summed E-state index contributed by atoms with van der Waals surface area (Å²) in [6, 6.07) is 11.0. The fourth-order valence-electron chi connectivity index (χ4n) is 4.97. The number of benzene rings is 1. The lowest BCUT2D eigenvalue weighted by molar-refractivity contribution is 0.0593. The third kappa shape index (κ3) is 4.93. The molecule has 0 saturated heterocycles. The van der Waals surface area contributed by atoms with E-state index < -0.39 is 18.0 Å². The summed E-state index contributed by atoms with van der Waals surface area (Å²) in [5.74, 6) is 0. The van der Waals surface area contributed by atoms with E-state index in [1.54, 1.807) is 23.0 Å². The Morgan fingerprint density at radius 3 is 2.73 bits per heavy atom. The van der Waals surface area contributed by atoms with E-state index in [2.05, 4.69) is 57.9 Å². The summed E-state index contributed by atoms with van der Waals surface area (Å²) in [5, 5.41) is 30.6. The molecule has 210 valence electrons. The quantitative estimate of drug-likeness (QED) is 0.220. The predicted molar refractivity (Wildman–Crippen MR) is 153 cm³/mol. The van der Waals surface area contributed by atoms with Gasteiger partial charge in [0.2, 0.25) is 0 Å². The molecule has 12 heteroatoms. The maximum atomic E-state index is 13.9. The Morgan fingerprint density at radius 2 is 2.02 bits per heavy atom. The third-order valence-corrected chi connectivity index (χ3v) is 7.65. The molecular weight excluding hydrogens is 548 g/mol. The van der Waals surface area contributed by atoms with Crippen LogP contribution in [0.15, 0.2) is 55.1 Å². The van der Waals surface area contributed by atoms with Crippen molar-refractivity contribution in [3.63, 3.8) is 0 Å². The molecule has 1 atom stereocenters. The van der Waals surface area contributed by atoms with Crippen molar-refractivity contribution in [2.24, 2.45) is 5.41 Å². The zero-order valence-electron chi connectivity index (χ0n) is 22.7. The van der Waals surface area contributed by atoms with Crippen LogP contribution in [0.2, 0.25) is 5.02 Å². The largest absolute Gasteiger partial charge is 0.383 e. The van der Waals surface area contributed by atoms with Crippen molar-refractivity contribution in [1.29, 1.82) is 5.26 Å². The second kappa shape index (κ2) is 9.96. The second-order valence-electron chi connectivity index (χ2n) is 11.6. The van der Waals surface area contributed by atoms with Gasteiger partial charge in [-0.25, -0.2) is 18.0 Å². The molecule has 0 aliphatic heterocycles. The van der Waals surface area contributed by atoms with Crippen LogP contribution in [0.4, 0.5) is 20.2 Å². The fourth-order valence-corrected chi connectivity index (χ4v) is 5.24. The van der Waals surface area contributed by atoms with Gasteiger partial charge >= 0.3 is 0 Å². The minimum absolute atomic E-state index is 0.0417. The molecule has 4 heterocycles. The van der Waals surface area contributed by atoms with Crippen molar-refractivity contribution < 1.29 is 8.78 Å². The number of alkyl halides is 2. The van der Waals surface area contributed by atoms with Gasteiger partial charge in [0.25, 0.3) is 6.43 Å². The maximum Gasteiger partial charge on any atom is 0.263 e. The highest BCUT2D eigenvalue weighted by Gasteiger charge is 2.54. The molecule has 0 bridgehead atoms. The van der Waals surface area contributed by atoms with E-state index in [4.69, 9.17) is 11.6 Å². The smallest absolute Gasteiger partial charge is 0.263 e. The lowest BCUT2D eigenvalue weighted by Gasteiger charge is -2.22. The lowest BCUT2D eigenvalue weighted by atomic mass is 9.96. The van der Waals surface area contributed by atoms with Crippen molar-refractivity contribution in [2.45, 2.75) is 51.6 Å². The molecule has 1 saturated carbocycles. The number of rotatable bonds is 8. The minimum atomic E-state index is -2.54. The van der Waals surface area contributed by atoms with E-state index in [-0.39, 0.29) is 5.41 Å². The molecule has 0 unspecified atom stereocenters. The van der Waals surface area contributed by atoms with E-state index in [9.17, 15) is 14.0 Å². The molecular formula is C29H28ClF2N9. The van der Waals surface area contributed by atoms with Gasteiger partial charge in [0.05, 0.1) is 39.5 Å². The van der Waals surface area contributed by atoms with Gasteiger partial charge in [-0.3, -0.25) is 4.98 Å². The third-order valence-electron chi connectivity index (χ3n) is 7.36. The molecule has 5 aromatic rings. The van der Waals surface area contributed by atoms with E-state index in [1.165, 1.54) is 10.9 Å². The van der Waals surface area contributed by atoms with Gasteiger partial charge in [-0.15, -0.1) is 5.10 Å². The molecule has 1 fully saturated rings. The van der Waals surface area contributed by atoms with Crippen LogP contribution >= 0.6 is 11.6 Å². The number of nitrogens with one attached hydrogen (secondary N) is 2. The van der Waals surface area contributed by atoms with Crippen LogP contribution in [-0.2, 0) is 5.54 Å². The van der Waals surface area contributed by atoms with Crippen molar-refractivity contribution in [3.8, 4) is 6.07 Å². The van der Waals surface area contributed by atoms with Crippen molar-refractivity contribution in [1.82, 2.24) is 29.6 Å². The summed E-state index contributed by atoms with van der Waals surface area (Å²) in [7, 11) is 0. The average Bonchev–Trinajstić information content (AvgIpc) is 3.35. The lowest BCUT2D eigenvalue weighted by Crippen LogP contribution is -2.26. The molecule has 1 aliphatic rings. The summed E-state index contributed by atoms with van der Waals surface area (Å²) in [4.78, 5) is 4.45. The first-order valence-corrected chi connectivity index (χ1v) is 13.6. The van der Waals surface area contributed by atoms with Gasteiger partial charge in [-0.05, 0) is 42.5 Å². The van der Waals surface area contributed by atoms with Crippen LogP contribution < -0.4 is 10.6 Å². The SMILES string of the molecule is CC(C)(C)CNc1c(C#N)cnc2c(Cl)cc(N[C@H](c3cn(C4(C(F)F)CC4)nn3)c3cccn4nccc34)cc12. The highest BCUT2D eigenvalue weighted by Crippen LogP contribution is 2.48. The first kappa shape index (κ1) is 26.9. The Labute approximate surface area is 240 Å². The average molecular weight is 576 g/mol. The normalized spacial score (nSPS) is 15.3. The molecule has 0 amide bonds. The topological polar surface area (TPSA) is 109 Å². The number of aromatic nitrogens is 6. The van der Waals surface area contributed by atoms with Gasteiger partial charge in [0.15, 0.2) is 0 Å². The Bertz CT molecular complexity index is 1790. The van der Waals surface area contributed by atoms with E-state index in [1.807, 2.05) is 30.5 Å². The highest BCUT2D eigenvalue weighted by atomic mass is 35.5. The molecule has 6 rings (SSSR count). The predicted octanol–water partition coefficient (Wildman–Crippen LogP) is 6.41. The molecule has 2 N–H and O–H groups in total. The Morgan fingerprint density at radius 1 is 1.22 bits per heavy atom. The first-order chi connectivity index (χ1) is 19.6. The zero-order valence-corrected chi connectivity index (χ0v) is 23.5. The van der Waals surface area contributed by atoms with E-state index >= 15 is 0 Å². The molecule has 1 aromatic carbocycles. The Kier molecular flexibility index (Phi) is 6.53. The van der Waals surface area contributed by atoms with Gasteiger partial charge < -0.3 is 10.6 Å². The van der Waals surface area contributed by atoms with E-state index in [0.717, 1.165) is 11.1 Å². The number of fused-ring (bicyclic) bond motifs is 2. The molecule has 0 spiro atoms. The number of hydrogen-bond acceptors (Lipinski definition) is 7. The van der Waals surface area contributed by atoms with Crippen LogP contribution in [0.3, 0.4) is 0 Å². The molecule has 1 aliphatic carbocycles. The van der Waals surface area contributed by atoms with Crippen LogP contribution in [0.25, 0.3) is 16.4 Å². The summed E-state index contributed by atoms with van der Waals surface area (Å²) < 4.78 is 30.8. The molecule has 4 aromatic heterocycles. The van der Waals surface area contributed by atoms with Gasteiger partial charge in [0.1, 0.15) is 17.3 Å². The molecule has 0 radical (unpaired) electrons. The molecule has 41 heavy (non-hydrogen) atoms. The fraction of sp³-hybridized carbons (Fsp3) is 0.345. The Hall–Kier alpha value is -4.30. The number of halogens is 3. The highest BCUT2D eigenvalue weighted by molar-refractivity contribution is 6.35. The first-order valence-electron chi connectivity index (χ1n) is 13.3. The summed E-state index contributed by atoms with van der Waals surface area (Å²) in [6.07, 6.45) is 4.79. The van der Waals surface area contributed by atoms with Crippen LogP contribution in [0.5, 0.6) is 0 Å². The Balaban J connectivity index is 1.47. The second-order valence-corrected chi connectivity index (χ2v) is 12.0. The van der Waals surface area contributed by atoms with Gasteiger partial charge in [-0.2, -0.15) is 10.4 Å². The van der Waals surface area contributed by atoms with Crippen molar-refractivity contribution in [3.05, 3.63) is 77.0 Å². The number of anilines is 2. The van der Waals surface area contributed by atoms with Gasteiger partial charge in [0, 0.05) is 41.8 Å². The zero-order chi connectivity index (χ0) is 28.9. The van der Waals surface area contributed by atoms with Gasteiger partial charge in [-0.1, -0.05) is 43.7 Å². The number of nitriles is 1. The monoisotopic (exact) mass is 575 g/mol. The van der Waals surface area contributed by atoms with Crippen LogP contribution in [0, 0.1) is 16.7 Å². The minimum Gasteiger partial charge on any atom is -0.383 e. The molecule has 9 nitrogen and oxygen atoms in total.